The van der Waals surface area contributed by atoms with E-state index >= 15 is 0 Å². The highest BCUT2D eigenvalue weighted by Crippen LogP contribution is 2.49. The number of esters is 2. The molecule has 4 atom stereocenters. The topological polar surface area (TPSA) is 122 Å². The lowest BCUT2D eigenvalue weighted by molar-refractivity contribution is -0.190. The summed E-state index contributed by atoms with van der Waals surface area (Å²) in [6, 6.07) is 20.1. The quantitative estimate of drug-likeness (QED) is 0.0904. The van der Waals surface area contributed by atoms with Crippen molar-refractivity contribution in [2.24, 2.45) is 5.92 Å². The van der Waals surface area contributed by atoms with Gasteiger partial charge in [0.1, 0.15) is 11.3 Å². The molecule has 4 aromatic rings. The van der Waals surface area contributed by atoms with Crippen LogP contribution in [-0.2, 0) is 62.5 Å². The molecule has 9 heteroatoms. The fourth-order valence-electron chi connectivity index (χ4n) is 8.22. The summed E-state index contributed by atoms with van der Waals surface area (Å²) in [5.41, 5.74) is 4.99. The number of allylic oxidation sites excluding steroid dienone is 1. The number of hydrogen-bond acceptors (Lipinski definition) is 9. The van der Waals surface area contributed by atoms with Gasteiger partial charge in [0, 0.05) is 42.9 Å². The number of carbonyl (C=O) groups excluding carboxylic acids is 2. The van der Waals surface area contributed by atoms with Gasteiger partial charge in [0.05, 0.1) is 25.2 Å². The van der Waals surface area contributed by atoms with Gasteiger partial charge in [0.25, 0.3) is 0 Å². The zero-order chi connectivity index (χ0) is 38.7. The molecule has 55 heavy (non-hydrogen) atoms. The number of carbonyl (C=O) groups is 2. The van der Waals surface area contributed by atoms with Crippen LogP contribution in [0.25, 0.3) is 11.0 Å². The number of fused-ring (bicyclic) bond motifs is 7. The predicted octanol–water partition coefficient (Wildman–Crippen LogP) is 7.24. The number of rotatable bonds is 7. The Hall–Kier alpha value is -5.17. The summed E-state index contributed by atoms with van der Waals surface area (Å²) in [5, 5.41) is 11.0. The van der Waals surface area contributed by atoms with Crippen LogP contribution in [-0.4, -0.2) is 42.5 Å². The lowest BCUT2D eigenvalue weighted by atomic mass is 9.82. The number of aliphatic hydroxyl groups is 1. The Kier molecular flexibility index (Phi) is 11.3. The highest BCUT2D eigenvalue weighted by molar-refractivity contribution is 5.90. The van der Waals surface area contributed by atoms with Crippen LogP contribution in [0.5, 0.6) is 5.75 Å². The van der Waals surface area contributed by atoms with Crippen molar-refractivity contribution in [2.45, 2.75) is 103 Å². The highest BCUT2D eigenvalue weighted by atomic mass is 16.6. The Morgan fingerprint density at radius 2 is 1.75 bits per heavy atom. The lowest BCUT2D eigenvalue weighted by Gasteiger charge is -2.44. The molecule has 0 fully saturated rings. The van der Waals surface area contributed by atoms with Crippen molar-refractivity contribution >= 4 is 22.9 Å². The molecule has 3 aliphatic heterocycles. The second-order valence-electron chi connectivity index (χ2n) is 15.3. The third-order valence-corrected chi connectivity index (χ3v) is 11.3. The molecule has 0 amide bonds. The maximum Gasteiger partial charge on any atom is 0.339 e. The van der Waals surface area contributed by atoms with Gasteiger partial charge in [-0.1, -0.05) is 65.9 Å². The van der Waals surface area contributed by atoms with Crippen LogP contribution < -0.4 is 10.4 Å². The van der Waals surface area contributed by atoms with Gasteiger partial charge in [0.15, 0.2) is 17.8 Å². The average Bonchev–Trinajstić information content (AvgIpc) is 3.16. The van der Waals surface area contributed by atoms with Crippen LogP contribution in [0.2, 0.25) is 0 Å². The van der Waals surface area contributed by atoms with Crippen molar-refractivity contribution in [3.8, 4) is 17.6 Å². The fourth-order valence-corrected chi connectivity index (χ4v) is 8.22. The molecule has 3 aromatic carbocycles. The Bertz CT molecular complexity index is 2250. The molecular weight excluding hydrogens is 696 g/mol. The SMILES string of the molecule is COCCc1c(CO)c2ccc3c(c2oc1=O)[C@H]1OC(=O)C[C@@H](CCc2ccccc2)Cc2ccc4cc2CC#CC[C@@](C)(O3)[C@H]1OC(=O)C(=C(C)C)CC4. The van der Waals surface area contributed by atoms with E-state index in [2.05, 4.69) is 42.2 Å². The van der Waals surface area contributed by atoms with Crippen molar-refractivity contribution in [1.82, 2.24) is 0 Å². The van der Waals surface area contributed by atoms with Crippen LogP contribution in [0.3, 0.4) is 0 Å². The minimum atomic E-state index is -1.27. The van der Waals surface area contributed by atoms with E-state index in [-0.39, 0.29) is 42.9 Å². The molecule has 1 aromatic heterocycles. The van der Waals surface area contributed by atoms with E-state index in [4.69, 9.17) is 23.4 Å². The molecule has 0 saturated carbocycles. The third kappa shape index (κ3) is 7.98. The first-order chi connectivity index (χ1) is 26.6. The summed E-state index contributed by atoms with van der Waals surface area (Å²) in [4.78, 5) is 42.4. The van der Waals surface area contributed by atoms with Crippen LogP contribution in [0, 0.1) is 17.8 Å². The number of hydrogen-bond donors (Lipinski definition) is 1. The first kappa shape index (κ1) is 38.1. The average molecular weight is 745 g/mol. The molecule has 7 rings (SSSR count). The Morgan fingerprint density at radius 1 is 0.927 bits per heavy atom. The van der Waals surface area contributed by atoms with Crippen LogP contribution >= 0.6 is 0 Å². The number of aryl methyl sites for hydroxylation is 2. The second kappa shape index (κ2) is 16.3. The summed E-state index contributed by atoms with van der Waals surface area (Å²) in [6.45, 7) is 5.39. The second-order valence-corrected chi connectivity index (χ2v) is 15.3. The maximum atomic E-state index is 14.5. The number of methoxy groups -OCH3 is 1. The van der Waals surface area contributed by atoms with Gasteiger partial charge in [0.2, 0.25) is 0 Å². The Balaban J connectivity index is 1.43. The first-order valence-electron chi connectivity index (χ1n) is 19.2. The zero-order valence-electron chi connectivity index (χ0n) is 32.0. The van der Waals surface area contributed by atoms with E-state index < -0.39 is 42.0 Å². The molecule has 4 heterocycles. The van der Waals surface area contributed by atoms with E-state index in [1.165, 1.54) is 12.7 Å². The minimum absolute atomic E-state index is 0.0835. The van der Waals surface area contributed by atoms with E-state index in [1.54, 1.807) is 12.1 Å². The van der Waals surface area contributed by atoms with Gasteiger partial charge >= 0.3 is 17.6 Å². The zero-order valence-corrected chi connectivity index (χ0v) is 32.0. The minimum Gasteiger partial charge on any atom is -0.482 e. The van der Waals surface area contributed by atoms with Crippen molar-refractivity contribution in [3.63, 3.8) is 0 Å². The van der Waals surface area contributed by atoms with E-state index in [1.807, 2.05) is 39.0 Å². The molecule has 1 N–H and O–H groups in total. The molecule has 5 bridgehead atoms. The van der Waals surface area contributed by atoms with Gasteiger partial charge < -0.3 is 28.5 Å². The number of benzene rings is 3. The summed E-state index contributed by atoms with van der Waals surface area (Å²) in [5.74, 6) is 5.92. The van der Waals surface area contributed by atoms with E-state index in [0.717, 1.165) is 35.1 Å². The smallest absolute Gasteiger partial charge is 0.339 e. The Morgan fingerprint density at radius 3 is 2.51 bits per heavy atom. The maximum absolute atomic E-state index is 14.5. The van der Waals surface area contributed by atoms with Gasteiger partial charge in [-0.3, -0.25) is 4.79 Å². The van der Waals surface area contributed by atoms with E-state index in [9.17, 15) is 19.5 Å². The number of aliphatic hydroxyl groups excluding tert-OH is 1. The molecule has 3 aliphatic rings. The van der Waals surface area contributed by atoms with Crippen molar-refractivity contribution in [3.05, 3.63) is 121 Å². The van der Waals surface area contributed by atoms with Gasteiger partial charge in [-0.05, 0) is 98.7 Å². The molecule has 0 aliphatic carbocycles. The first-order valence-corrected chi connectivity index (χ1v) is 19.2. The molecule has 0 spiro atoms. The highest BCUT2D eigenvalue weighted by Gasteiger charge is 2.53. The fraction of sp³-hybridized carbons (Fsp3) is 0.413. The van der Waals surface area contributed by atoms with Crippen LogP contribution in [0.4, 0.5) is 0 Å². The molecule has 0 unspecified atom stereocenters. The van der Waals surface area contributed by atoms with Crippen molar-refractivity contribution in [1.29, 1.82) is 0 Å². The molecular formula is C46H48O9. The number of ether oxygens (including phenoxy) is 4. The Labute approximate surface area is 321 Å². The molecule has 0 radical (unpaired) electrons. The lowest BCUT2D eigenvalue weighted by Crippen LogP contribution is -2.54. The normalized spacial score (nSPS) is 22.3. The molecule has 0 saturated heterocycles. The van der Waals surface area contributed by atoms with Gasteiger partial charge in [-0.25, -0.2) is 9.59 Å². The third-order valence-electron chi connectivity index (χ3n) is 11.3. The van der Waals surface area contributed by atoms with E-state index in [0.29, 0.717) is 53.5 Å². The standard InChI is InChI=1S/C46H48O9/c1-28(2)34-18-16-30-15-17-33-25-31(14-13-29-10-6-5-7-11-29)26-39(48)52-42-40-38(20-19-35-37(27-47)36(21-23-51-4)45(50)53-41(35)40)55-46(3,43(42)54-44(34)49)22-9-8-12-32(33)24-30/h5-7,10-11,15,17,19-20,24,31,42-43,47H,12-14,16,18,21-23,25-27H2,1-4H3/t31-,42+,43-,46+/m0/s1. The molecule has 286 valence electrons. The summed E-state index contributed by atoms with van der Waals surface area (Å²) >= 11 is 0. The molecule has 9 nitrogen and oxygen atoms in total. The summed E-state index contributed by atoms with van der Waals surface area (Å²) in [7, 11) is 1.53. The van der Waals surface area contributed by atoms with Gasteiger partial charge in [-0.15, -0.1) is 0 Å². The summed E-state index contributed by atoms with van der Waals surface area (Å²) in [6.07, 6.45) is 1.82. The summed E-state index contributed by atoms with van der Waals surface area (Å²) < 4.78 is 31.1. The van der Waals surface area contributed by atoms with Crippen molar-refractivity contribution < 1.29 is 38.1 Å². The largest absolute Gasteiger partial charge is 0.482 e. The van der Waals surface area contributed by atoms with Crippen LogP contribution in [0.1, 0.15) is 91.5 Å². The predicted molar refractivity (Wildman–Crippen MR) is 208 cm³/mol. The monoisotopic (exact) mass is 744 g/mol. The van der Waals surface area contributed by atoms with Gasteiger partial charge in [-0.2, -0.15) is 0 Å². The van der Waals surface area contributed by atoms with Crippen LogP contribution in [0.15, 0.2) is 81.0 Å². The van der Waals surface area contributed by atoms with Crippen molar-refractivity contribution in [2.75, 3.05) is 13.7 Å².